The largest absolute Gasteiger partial charge is 1.00 e. The average Bonchev–Trinajstić information content (AvgIpc) is 2.03. The Balaban J connectivity index is -0.000000845. The van der Waals surface area contributed by atoms with Crippen molar-refractivity contribution in [3.8, 4) is 0 Å². The van der Waals surface area contributed by atoms with Crippen molar-refractivity contribution in [1.29, 1.82) is 0 Å². The molecule has 0 rings (SSSR count). The molecule has 0 aliphatic rings. The number of hydrogen-bond acceptors (Lipinski definition) is 4. The Hall–Kier alpha value is -0.140. The van der Waals surface area contributed by atoms with Gasteiger partial charge in [-0.2, -0.15) is 0 Å². The van der Waals surface area contributed by atoms with Gasteiger partial charge in [0.15, 0.2) is 12.2 Å². The summed E-state index contributed by atoms with van der Waals surface area (Å²) >= 11 is 0. The third-order valence-corrected chi connectivity index (χ3v) is 1.82. The zero-order valence-electron chi connectivity index (χ0n) is 9.75. The van der Waals surface area contributed by atoms with E-state index >= 15 is 0 Å². The maximum Gasteiger partial charge on any atom is 1.00 e. The van der Waals surface area contributed by atoms with Crippen molar-refractivity contribution in [1.82, 2.24) is 0 Å². The van der Waals surface area contributed by atoms with Crippen molar-refractivity contribution < 1.29 is 61.0 Å². The van der Waals surface area contributed by atoms with E-state index < -0.39 is 24.1 Å². The first-order chi connectivity index (χ1) is 6.34. The molecule has 0 heterocycles. The van der Waals surface area contributed by atoms with Crippen LogP contribution in [0.25, 0.3) is 0 Å². The van der Waals surface area contributed by atoms with Gasteiger partial charge in [0, 0.05) is 0 Å². The molecule has 0 aliphatic heterocycles. The fraction of sp³-hybridized carbons (Fsp3) is 0.750. The van der Waals surface area contributed by atoms with E-state index in [-0.39, 0.29) is 49.7 Å². The van der Waals surface area contributed by atoms with Gasteiger partial charge < -0.3 is 21.9 Å². The van der Waals surface area contributed by atoms with Gasteiger partial charge in [-0.3, -0.25) is 0 Å². The Morgan fingerprint density at radius 1 is 1.07 bits per heavy atom. The van der Waals surface area contributed by atoms with Gasteiger partial charge in [-0.05, 0) is 18.8 Å². The van der Waals surface area contributed by atoms with Gasteiger partial charge in [0.25, 0.3) is 0 Å². The molecule has 4 N–H and O–H groups in total. The topological polar surface area (TPSA) is 115 Å². The van der Waals surface area contributed by atoms with Gasteiger partial charge in [0.1, 0.15) is 0 Å². The Labute approximate surface area is 111 Å². The first-order valence-corrected chi connectivity index (χ1v) is 4.16. The fourth-order valence-electron chi connectivity index (χ4n) is 1.06. The van der Waals surface area contributed by atoms with Crippen LogP contribution in [0.3, 0.4) is 0 Å². The molecule has 0 aromatic rings. The van der Waals surface area contributed by atoms with Gasteiger partial charge >= 0.3 is 41.5 Å². The number of carbonyl (C=O) groups is 2. The Bertz CT molecular complexity index is 203. The van der Waals surface area contributed by atoms with Crippen molar-refractivity contribution >= 4 is 11.9 Å². The summed E-state index contributed by atoms with van der Waals surface area (Å²) in [7, 11) is 0. The van der Waals surface area contributed by atoms with E-state index in [0.717, 1.165) is 0 Å². The van der Waals surface area contributed by atoms with Crippen LogP contribution in [0.15, 0.2) is 0 Å². The van der Waals surface area contributed by atoms with Gasteiger partial charge in [-0.25, -0.2) is 9.59 Å². The Kier molecular flexibility index (Phi) is 9.28. The molecule has 0 radical (unpaired) electrons. The van der Waals surface area contributed by atoms with Gasteiger partial charge in [-0.1, -0.05) is 6.92 Å². The maximum absolute atomic E-state index is 10.2. The average molecular weight is 230 g/mol. The quantitative estimate of drug-likeness (QED) is 0.351. The normalized spacial score (nSPS) is 15.9. The molecule has 0 bridgehead atoms. The van der Waals surface area contributed by atoms with Crippen LogP contribution in [0.2, 0.25) is 0 Å². The summed E-state index contributed by atoms with van der Waals surface area (Å²) in [6, 6.07) is 0. The summed E-state index contributed by atoms with van der Waals surface area (Å²) in [5.74, 6) is -3.06. The monoisotopic (exact) mass is 230 g/mol. The molecule has 2 atom stereocenters. The number of aliphatic hydroxyl groups excluding tert-OH is 2. The predicted octanol–water partition coefficient (Wildman–Crippen LogP) is -3.59. The molecule has 0 aliphatic carbocycles. The molecule has 0 amide bonds. The maximum atomic E-state index is 10.2. The minimum absolute atomic E-state index is 0. The molecule has 0 aromatic carbocycles. The predicted molar refractivity (Wildman–Crippen MR) is 46.8 cm³/mol. The fourth-order valence-corrected chi connectivity index (χ4v) is 1.06. The van der Waals surface area contributed by atoms with Crippen molar-refractivity contribution in [2.45, 2.75) is 32.0 Å². The molecular formula is C8H15NaO6. The van der Waals surface area contributed by atoms with E-state index in [0.29, 0.717) is 0 Å². The molecule has 0 saturated carbocycles. The SMILES string of the molecule is CC(CC(O)C(=O)O)CC(O)C(=O)O.[H-].[Na+]. The first kappa shape index (κ1) is 17.3. The molecule has 0 spiro atoms. The molecular weight excluding hydrogens is 215 g/mol. The smallest absolute Gasteiger partial charge is 1.00 e. The zero-order chi connectivity index (χ0) is 11.3. The van der Waals surface area contributed by atoms with Crippen LogP contribution >= 0.6 is 0 Å². The first-order valence-electron chi connectivity index (χ1n) is 4.16. The molecule has 15 heavy (non-hydrogen) atoms. The summed E-state index contributed by atoms with van der Waals surface area (Å²) in [5.41, 5.74) is 0. The third-order valence-electron chi connectivity index (χ3n) is 1.82. The zero-order valence-corrected chi connectivity index (χ0v) is 10.8. The molecule has 0 aromatic heterocycles. The molecule has 0 fully saturated rings. The van der Waals surface area contributed by atoms with Crippen LogP contribution in [0.4, 0.5) is 0 Å². The number of hydrogen-bond donors (Lipinski definition) is 4. The van der Waals surface area contributed by atoms with Crippen molar-refractivity contribution in [2.24, 2.45) is 5.92 Å². The number of aliphatic hydroxyl groups is 2. The van der Waals surface area contributed by atoms with E-state index in [1.807, 2.05) is 0 Å². The molecule has 2 unspecified atom stereocenters. The number of aliphatic carboxylic acids is 2. The van der Waals surface area contributed by atoms with Gasteiger partial charge in [-0.15, -0.1) is 0 Å². The summed E-state index contributed by atoms with van der Waals surface area (Å²) in [6.07, 6.45) is -3.16. The number of carboxylic acid groups (broad SMARTS) is 2. The second-order valence-corrected chi connectivity index (χ2v) is 3.28. The summed E-state index contributed by atoms with van der Waals surface area (Å²) < 4.78 is 0. The van der Waals surface area contributed by atoms with Crippen LogP contribution < -0.4 is 29.6 Å². The van der Waals surface area contributed by atoms with Crippen LogP contribution in [0, 0.1) is 5.92 Å². The van der Waals surface area contributed by atoms with Crippen LogP contribution in [-0.2, 0) is 9.59 Å². The van der Waals surface area contributed by atoms with E-state index in [9.17, 15) is 9.59 Å². The number of carboxylic acids is 2. The third kappa shape index (κ3) is 7.75. The van der Waals surface area contributed by atoms with Crippen molar-refractivity contribution in [3.63, 3.8) is 0 Å². The van der Waals surface area contributed by atoms with E-state index in [4.69, 9.17) is 20.4 Å². The molecule has 6 nitrogen and oxygen atoms in total. The van der Waals surface area contributed by atoms with Crippen molar-refractivity contribution in [2.75, 3.05) is 0 Å². The van der Waals surface area contributed by atoms with E-state index in [1.54, 1.807) is 6.92 Å². The molecule has 0 saturated heterocycles. The molecule has 84 valence electrons. The second-order valence-electron chi connectivity index (χ2n) is 3.28. The van der Waals surface area contributed by atoms with Gasteiger partial charge in [0.05, 0.1) is 0 Å². The Morgan fingerprint density at radius 2 is 1.33 bits per heavy atom. The second kappa shape index (κ2) is 8.06. The summed E-state index contributed by atoms with van der Waals surface area (Å²) in [4.78, 5) is 20.5. The molecule has 7 heteroatoms. The van der Waals surface area contributed by atoms with Crippen LogP contribution in [-0.4, -0.2) is 44.6 Å². The van der Waals surface area contributed by atoms with Crippen LogP contribution in [0.1, 0.15) is 21.2 Å². The van der Waals surface area contributed by atoms with E-state index in [2.05, 4.69) is 0 Å². The Morgan fingerprint density at radius 3 is 1.53 bits per heavy atom. The van der Waals surface area contributed by atoms with E-state index in [1.165, 1.54) is 0 Å². The number of rotatable bonds is 6. The van der Waals surface area contributed by atoms with Crippen LogP contribution in [0.5, 0.6) is 0 Å². The minimum Gasteiger partial charge on any atom is -1.00 e. The van der Waals surface area contributed by atoms with Crippen molar-refractivity contribution in [3.05, 3.63) is 0 Å². The summed E-state index contributed by atoms with van der Waals surface area (Å²) in [6.45, 7) is 1.57. The standard InChI is InChI=1S/C8H14O6.Na.H/c1-4(2-5(9)7(11)12)3-6(10)8(13)14;;/h4-6,9-10H,2-3H2,1H3,(H,11,12)(H,13,14);;/q;+1;-1. The van der Waals surface area contributed by atoms with Gasteiger partial charge in [0.2, 0.25) is 0 Å². The minimum atomic E-state index is -1.51. The summed E-state index contributed by atoms with van der Waals surface area (Å²) in [5, 5.41) is 34.5.